The third-order valence-corrected chi connectivity index (χ3v) is 4.29. The second kappa shape index (κ2) is 5.31. The van der Waals surface area contributed by atoms with E-state index in [1.807, 2.05) is 42.5 Å². The molecule has 5 nitrogen and oxygen atoms in total. The molecule has 0 aliphatic carbocycles. The average molecular weight is 294 g/mol. The smallest absolute Gasteiger partial charge is 0.169 e. The quantitative estimate of drug-likeness (QED) is 0.751. The third kappa shape index (κ3) is 2.47. The molecule has 0 atom stereocenters. The number of carbonyl (C=O) groups is 1. The van der Waals surface area contributed by atoms with Crippen LogP contribution in [0.4, 0.5) is 0 Å². The highest BCUT2D eigenvalue weighted by atomic mass is 32.1. The van der Waals surface area contributed by atoms with Crippen LogP contribution in [0.5, 0.6) is 0 Å². The Kier molecular flexibility index (Phi) is 3.34. The number of aromatic nitrogens is 3. The van der Waals surface area contributed by atoms with E-state index < -0.39 is 0 Å². The van der Waals surface area contributed by atoms with Gasteiger partial charge in [0.15, 0.2) is 11.5 Å². The van der Waals surface area contributed by atoms with Crippen molar-refractivity contribution in [2.75, 3.05) is 0 Å². The summed E-state index contributed by atoms with van der Waals surface area (Å²) < 4.78 is 0. The van der Waals surface area contributed by atoms with Gasteiger partial charge in [0.1, 0.15) is 11.8 Å². The molecule has 102 valence electrons. The number of nitrogens with zero attached hydrogens (tertiary/aromatic N) is 3. The molecule has 6 heteroatoms. The van der Waals surface area contributed by atoms with E-state index in [1.54, 1.807) is 6.92 Å². The van der Waals surface area contributed by atoms with Gasteiger partial charge in [-0.1, -0.05) is 29.5 Å². The topological polar surface area (TPSA) is 82.4 Å². The van der Waals surface area contributed by atoms with E-state index in [2.05, 4.69) is 15.4 Å². The fourth-order valence-electron chi connectivity index (χ4n) is 1.98. The highest BCUT2D eigenvalue weighted by molar-refractivity contribution is 7.17. The van der Waals surface area contributed by atoms with Gasteiger partial charge in [-0.2, -0.15) is 5.26 Å². The summed E-state index contributed by atoms with van der Waals surface area (Å²) >= 11 is 1.47. The van der Waals surface area contributed by atoms with Gasteiger partial charge in [0, 0.05) is 10.4 Å². The number of H-pyrrole nitrogens is 1. The number of hydrogen-bond donors (Lipinski definition) is 1. The molecule has 1 aromatic carbocycles. The Morgan fingerprint density at radius 2 is 1.90 bits per heavy atom. The SMILES string of the molecule is CC(=O)c1ccc(-c2ccc(-c3nn[nH]c3C#N)cc2)s1. The van der Waals surface area contributed by atoms with Gasteiger partial charge < -0.3 is 0 Å². The molecule has 3 rings (SSSR count). The van der Waals surface area contributed by atoms with Gasteiger partial charge in [-0.3, -0.25) is 4.79 Å². The van der Waals surface area contributed by atoms with Crippen LogP contribution in [0.2, 0.25) is 0 Å². The molecule has 2 aromatic heterocycles. The molecular formula is C15H10N4OS. The standard InChI is InChI=1S/C15H10N4OS/c1-9(20)13-6-7-14(21-13)10-2-4-11(5-3-10)15-12(8-16)17-19-18-15/h2-7H,1H3,(H,17,18,19). The van der Waals surface area contributed by atoms with Crippen molar-refractivity contribution in [3.8, 4) is 27.8 Å². The summed E-state index contributed by atoms with van der Waals surface area (Å²) in [5, 5.41) is 19.1. The molecule has 0 spiro atoms. The van der Waals surface area contributed by atoms with Gasteiger partial charge in [-0.25, -0.2) is 5.10 Å². The number of ketones is 1. The second-order valence-electron chi connectivity index (χ2n) is 4.44. The van der Waals surface area contributed by atoms with Crippen LogP contribution in [0.1, 0.15) is 22.3 Å². The lowest BCUT2D eigenvalue weighted by molar-refractivity contribution is 0.102. The number of thiophene rings is 1. The number of rotatable bonds is 3. The summed E-state index contributed by atoms with van der Waals surface area (Å²) in [6.07, 6.45) is 0. The number of aromatic amines is 1. The van der Waals surface area contributed by atoms with Gasteiger partial charge in [0.05, 0.1) is 4.88 Å². The fraction of sp³-hybridized carbons (Fsp3) is 0.0667. The van der Waals surface area contributed by atoms with Crippen LogP contribution in [0.15, 0.2) is 36.4 Å². The van der Waals surface area contributed by atoms with Gasteiger partial charge in [0.2, 0.25) is 0 Å². The van der Waals surface area contributed by atoms with Crippen molar-refractivity contribution < 1.29 is 4.79 Å². The van der Waals surface area contributed by atoms with Crippen LogP contribution in [-0.2, 0) is 0 Å². The molecule has 0 saturated carbocycles. The van der Waals surface area contributed by atoms with E-state index in [-0.39, 0.29) is 5.78 Å². The predicted octanol–water partition coefficient (Wildman–Crippen LogP) is 3.27. The van der Waals surface area contributed by atoms with Gasteiger partial charge in [0.25, 0.3) is 0 Å². The van der Waals surface area contributed by atoms with Crippen molar-refractivity contribution in [3.05, 3.63) is 47.0 Å². The molecule has 3 aromatic rings. The average Bonchev–Trinajstić information content (AvgIpc) is 3.16. The second-order valence-corrected chi connectivity index (χ2v) is 5.53. The summed E-state index contributed by atoms with van der Waals surface area (Å²) in [7, 11) is 0. The maximum absolute atomic E-state index is 11.3. The lowest BCUT2D eigenvalue weighted by atomic mass is 10.1. The highest BCUT2D eigenvalue weighted by Crippen LogP contribution is 2.30. The first-order valence-electron chi connectivity index (χ1n) is 6.22. The Morgan fingerprint density at radius 3 is 2.52 bits per heavy atom. The molecule has 0 aliphatic heterocycles. The van der Waals surface area contributed by atoms with Crippen molar-refractivity contribution in [1.29, 1.82) is 5.26 Å². The summed E-state index contributed by atoms with van der Waals surface area (Å²) in [5.41, 5.74) is 2.74. The van der Waals surface area contributed by atoms with E-state index >= 15 is 0 Å². The number of Topliss-reactive ketones (excluding diaryl/α,β-unsaturated/α-hetero) is 1. The Labute approximate surface area is 124 Å². The first kappa shape index (κ1) is 13.2. The molecule has 2 heterocycles. The molecular weight excluding hydrogens is 284 g/mol. The van der Waals surface area contributed by atoms with E-state index in [1.165, 1.54) is 11.3 Å². The Balaban J connectivity index is 1.94. The first-order chi connectivity index (χ1) is 10.2. The lowest BCUT2D eigenvalue weighted by Gasteiger charge is -2.00. The maximum Gasteiger partial charge on any atom is 0.169 e. The highest BCUT2D eigenvalue weighted by Gasteiger charge is 2.10. The molecule has 0 aliphatic rings. The number of nitrogens with one attached hydrogen (secondary N) is 1. The van der Waals surface area contributed by atoms with E-state index in [9.17, 15) is 4.79 Å². The van der Waals surface area contributed by atoms with Crippen molar-refractivity contribution >= 4 is 17.1 Å². The minimum Gasteiger partial charge on any atom is -0.294 e. The van der Waals surface area contributed by atoms with Crippen molar-refractivity contribution in [2.45, 2.75) is 6.92 Å². The monoisotopic (exact) mass is 294 g/mol. The van der Waals surface area contributed by atoms with Crippen LogP contribution in [-0.4, -0.2) is 21.2 Å². The van der Waals surface area contributed by atoms with Gasteiger partial charge in [-0.05, 0) is 24.6 Å². The summed E-state index contributed by atoms with van der Waals surface area (Å²) in [6.45, 7) is 1.56. The molecule has 0 saturated heterocycles. The minimum absolute atomic E-state index is 0.0733. The Hall–Kier alpha value is -2.78. The molecule has 0 bridgehead atoms. The number of nitriles is 1. The van der Waals surface area contributed by atoms with Crippen LogP contribution in [0.25, 0.3) is 21.7 Å². The zero-order valence-corrected chi connectivity index (χ0v) is 11.9. The minimum atomic E-state index is 0.0733. The molecule has 1 N–H and O–H groups in total. The number of benzene rings is 1. The zero-order valence-electron chi connectivity index (χ0n) is 11.1. The number of carbonyl (C=O) groups excluding carboxylic acids is 1. The number of hydrogen-bond acceptors (Lipinski definition) is 5. The lowest BCUT2D eigenvalue weighted by Crippen LogP contribution is -1.83. The van der Waals surface area contributed by atoms with Crippen molar-refractivity contribution in [1.82, 2.24) is 15.4 Å². The predicted molar refractivity (Wildman–Crippen MR) is 79.9 cm³/mol. The molecule has 0 amide bonds. The summed E-state index contributed by atoms with van der Waals surface area (Å²) in [5.74, 6) is 0.0733. The molecule has 0 radical (unpaired) electrons. The van der Waals surface area contributed by atoms with Crippen molar-refractivity contribution in [3.63, 3.8) is 0 Å². The van der Waals surface area contributed by atoms with Crippen LogP contribution in [0, 0.1) is 11.3 Å². The van der Waals surface area contributed by atoms with Crippen LogP contribution in [0.3, 0.4) is 0 Å². The molecule has 0 unspecified atom stereocenters. The third-order valence-electron chi connectivity index (χ3n) is 3.06. The first-order valence-corrected chi connectivity index (χ1v) is 7.03. The van der Waals surface area contributed by atoms with Gasteiger partial charge >= 0.3 is 0 Å². The maximum atomic E-state index is 11.3. The Bertz CT molecular complexity index is 839. The summed E-state index contributed by atoms with van der Waals surface area (Å²) in [4.78, 5) is 13.1. The van der Waals surface area contributed by atoms with Gasteiger partial charge in [-0.15, -0.1) is 16.4 Å². The zero-order chi connectivity index (χ0) is 14.8. The van der Waals surface area contributed by atoms with E-state index in [0.717, 1.165) is 20.9 Å². The van der Waals surface area contributed by atoms with E-state index in [4.69, 9.17) is 5.26 Å². The van der Waals surface area contributed by atoms with E-state index in [0.29, 0.717) is 11.4 Å². The van der Waals surface area contributed by atoms with Crippen LogP contribution < -0.4 is 0 Å². The fourth-order valence-corrected chi connectivity index (χ4v) is 2.89. The van der Waals surface area contributed by atoms with Crippen molar-refractivity contribution in [2.24, 2.45) is 0 Å². The molecule has 0 fully saturated rings. The normalized spacial score (nSPS) is 10.3. The molecule has 21 heavy (non-hydrogen) atoms. The Morgan fingerprint density at radius 1 is 1.19 bits per heavy atom. The largest absolute Gasteiger partial charge is 0.294 e. The van der Waals surface area contributed by atoms with Crippen LogP contribution >= 0.6 is 11.3 Å². The summed E-state index contributed by atoms with van der Waals surface area (Å²) in [6, 6.07) is 13.5.